The van der Waals surface area contributed by atoms with E-state index in [0.717, 1.165) is 37.3 Å². The van der Waals surface area contributed by atoms with E-state index in [1.165, 1.54) is 5.56 Å². The van der Waals surface area contributed by atoms with Crippen molar-refractivity contribution >= 4 is 11.4 Å². The van der Waals surface area contributed by atoms with E-state index in [9.17, 15) is 5.11 Å². The van der Waals surface area contributed by atoms with Crippen LogP contribution in [0.5, 0.6) is 0 Å². The molecule has 3 N–H and O–H groups in total. The van der Waals surface area contributed by atoms with Crippen LogP contribution >= 0.6 is 0 Å². The van der Waals surface area contributed by atoms with Gasteiger partial charge in [-0.3, -0.25) is 0 Å². The van der Waals surface area contributed by atoms with E-state index in [0.29, 0.717) is 0 Å². The van der Waals surface area contributed by atoms with E-state index >= 15 is 0 Å². The molecule has 0 atom stereocenters. The van der Waals surface area contributed by atoms with Crippen molar-refractivity contribution in [3.8, 4) is 0 Å². The van der Waals surface area contributed by atoms with E-state index in [-0.39, 0.29) is 0 Å². The van der Waals surface area contributed by atoms with Gasteiger partial charge in [-0.1, -0.05) is 6.07 Å². The molecule has 1 aliphatic rings. The van der Waals surface area contributed by atoms with Gasteiger partial charge in [-0.15, -0.1) is 0 Å². The summed E-state index contributed by atoms with van der Waals surface area (Å²) in [5.74, 6) is 0. The highest BCUT2D eigenvalue weighted by Crippen LogP contribution is 2.30. The summed E-state index contributed by atoms with van der Waals surface area (Å²) in [6.45, 7) is 5.73. The molecular weight excluding hydrogens is 200 g/mol. The number of anilines is 2. The van der Waals surface area contributed by atoms with Gasteiger partial charge in [-0.25, -0.2) is 0 Å². The van der Waals surface area contributed by atoms with Crippen molar-refractivity contribution in [2.24, 2.45) is 0 Å². The smallest absolute Gasteiger partial charge is 0.0653 e. The highest BCUT2D eigenvalue weighted by atomic mass is 16.3. The summed E-state index contributed by atoms with van der Waals surface area (Å²) in [6, 6.07) is 6.10. The van der Waals surface area contributed by atoms with Crippen molar-refractivity contribution in [3.05, 3.63) is 23.8 Å². The van der Waals surface area contributed by atoms with Crippen molar-refractivity contribution in [2.75, 3.05) is 23.7 Å². The zero-order valence-corrected chi connectivity index (χ0v) is 10.0. The molecule has 0 aliphatic carbocycles. The van der Waals surface area contributed by atoms with Crippen molar-refractivity contribution in [2.45, 2.75) is 32.3 Å². The number of hydrogen-bond acceptors (Lipinski definition) is 3. The second-order valence-corrected chi connectivity index (χ2v) is 5.05. The predicted molar refractivity (Wildman–Crippen MR) is 67.7 cm³/mol. The third-order valence-corrected chi connectivity index (χ3v) is 3.37. The Balaban J connectivity index is 2.17. The zero-order chi connectivity index (χ0) is 11.8. The Labute approximate surface area is 96.9 Å². The summed E-state index contributed by atoms with van der Waals surface area (Å²) in [5.41, 5.74) is 8.64. The molecule has 2 rings (SSSR count). The van der Waals surface area contributed by atoms with Crippen LogP contribution in [-0.2, 0) is 0 Å². The molecular formula is C13H20N2O. The molecule has 0 unspecified atom stereocenters. The minimum Gasteiger partial charge on any atom is -0.397 e. The highest BCUT2D eigenvalue weighted by molar-refractivity contribution is 5.68. The third-order valence-electron chi connectivity index (χ3n) is 3.37. The molecule has 0 radical (unpaired) electrons. The van der Waals surface area contributed by atoms with Gasteiger partial charge in [0.15, 0.2) is 0 Å². The molecule has 1 aliphatic heterocycles. The van der Waals surface area contributed by atoms with Crippen LogP contribution in [0.2, 0.25) is 0 Å². The van der Waals surface area contributed by atoms with Gasteiger partial charge in [0.2, 0.25) is 0 Å². The Kier molecular flexibility index (Phi) is 2.80. The Bertz CT molecular complexity index is 378. The van der Waals surface area contributed by atoms with Gasteiger partial charge in [0.05, 0.1) is 17.0 Å². The first-order valence-corrected chi connectivity index (χ1v) is 5.81. The van der Waals surface area contributed by atoms with Gasteiger partial charge < -0.3 is 15.7 Å². The van der Waals surface area contributed by atoms with Crippen molar-refractivity contribution in [1.29, 1.82) is 0 Å². The first-order chi connectivity index (χ1) is 7.48. The SMILES string of the molecule is Cc1ccc(N)c(N2CCC(C)(O)CC2)c1. The summed E-state index contributed by atoms with van der Waals surface area (Å²) in [5, 5.41) is 9.91. The number of aryl methyl sites for hydroxylation is 1. The highest BCUT2D eigenvalue weighted by Gasteiger charge is 2.27. The summed E-state index contributed by atoms with van der Waals surface area (Å²) >= 11 is 0. The number of nitrogens with two attached hydrogens (primary N) is 1. The molecule has 0 amide bonds. The first kappa shape index (κ1) is 11.3. The van der Waals surface area contributed by atoms with E-state index in [1.807, 2.05) is 19.1 Å². The molecule has 0 spiro atoms. The fourth-order valence-electron chi connectivity index (χ4n) is 2.16. The minimum atomic E-state index is -0.505. The second kappa shape index (κ2) is 3.98. The van der Waals surface area contributed by atoms with Crippen molar-refractivity contribution in [3.63, 3.8) is 0 Å². The molecule has 1 aromatic carbocycles. The quantitative estimate of drug-likeness (QED) is 0.711. The average molecular weight is 220 g/mol. The maximum atomic E-state index is 9.91. The molecule has 1 fully saturated rings. The normalized spacial score (nSPS) is 19.8. The number of piperidine rings is 1. The van der Waals surface area contributed by atoms with Crippen LogP contribution in [0.1, 0.15) is 25.3 Å². The molecule has 1 aromatic rings. The Morgan fingerprint density at radius 2 is 1.94 bits per heavy atom. The molecule has 16 heavy (non-hydrogen) atoms. The maximum Gasteiger partial charge on any atom is 0.0653 e. The standard InChI is InChI=1S/C13H20N2O/c1-10-3-4-11(14)12(9-10)15-7-5-13(2,16)6-8-15/h3-4,9,16H,5-8,14H2,1-2H3. The fourth-order valence-corrected chi connectivity index (χ4v) is 2.16. The molecule has 88 valence electrons. The largest absolute Gasteiger partial charge is 0.397 e. The lowest BCUT2D eigenvalue weighted by molar-refractivity contribution is 0.0351. The minimum absolute atomic E-state index is 0.505. The monoisotopic (exact) mass is 220 g/mol. The van der Waals surface area contributed by atoms with Gasteiger partial charge >= 0.3 is 0 Å². The van der Waals surface area contributed by atoms with Crippen LogP contribution in [0.25, 0.3) is 0 Å². The van der Waals surface area contributed by atoms with Gasteiger partial charge in [-0.05, 0) is 44.4 Å². The topological polar surface area (TPSA) is 49.5 Å². The van der Waals surface area contributed by atoms with E-state index in [2.05, 4.69) is 17.9 Å². The Morgan fingerprint density at radius 3 is 2.56 bits per heavy atom. The number of aliphatic hydroxyl groups is 1. The zero-order valence-electron chi connectivity index (χ0n) is 10.0. The lowest BCUT2D eigenvalue weighted by atomic mass is 9.93. The number of benzene rings is 1. The molecule has 0 saturated carbocycles. The molecule has 0 aromatic heterocycles. The first-order valence-electron chi connectivity index (χ1n) is 5.81. The van der Waals surface area contributed by atoms with E-state index in [4.69, 9.17) is 5.73 Å². The molecule has 3 nitrogen and oxygen atoms in total. The molecule has 1 heterocycles. The number of nitrogen functional groups attached to an aromatic ring is 1. The van der Waals surface area contributed by atoms with Crippen LogP contribution in [-0.4, -0.2) is 23.8 Å². The maximum absolute atomic E-state index is 9.91. The average Bonchev–Trinajstić information content (AvgIpc) is 2.22. The molecule has 0 bridgehead atoms. The Hall–Kier alpha value is -1.22. The molecule has 1 saturated heterocycles. The van der Waals surface area contributed by atoms with Crippen LogP contribution in [0.3, 0.4) is 0 Å². The van der Waals surface area contributed by atoms with E-state index < -0.39 is 5.60 Å². The third kappa shape index (κ3) is 2.30. The van der Waals surface area contributed by atoms with Crippen LogP contribution in [0, 0.1) is 6.92 Å². The van der Waals surface area contributed by atoms with Crippen molar-refractivity contribution < 1.29 is 5.11 Å². The summed E-state index contributed by atoms with van der Waals surface area (Å²) < 4.78 is 0. The van der Waals surface area contributed by atoms with Crippen molar-refractivity contribution in [1.82, 2.24) is 0 Å². The predicted octanol–water partition coefficient (Wildman–Crippen LogP) is 1.93. The summed E-state index contributed by atoms with van der Waals surface area (Å²) in [7, 11) is 0. The number of nitrogens with zero attached hydrogens (tertiary/aromatic N) is 1. The van der Waals surface area contributed by atoms with Gasteiger partial charge in [0, 0.05) is 13.1 Å². The summed E-state index contributed by atoms with van der Waals surface area (Å²) in [4.78, 5) is 2.26. The fraction of sp³-hybridized carbons (Fsp3) is 0.538. The second-order valence-electron chi connectivity index (χ2n) is 5.05. The number of rotatable bonds is 1. The lowest BCUT2D eigenvalue weighted by Gasteiger charge is -2.37. The van der Waals surface area contributed by atoms with E-state index in [1.54, 1.807) is 0 Å². The number of hydrogen-bond donors (Lipinski definition) is 2. The van der Waals surface area contributed by atoms with Crippen LogP contribution in [0.15, 0.2) is 18.2 Å². The van der Waals surface area contributed by atoms with Crippen LogP contribution < -0.4 is 10.6 Å². The van der Waals surface area contributed by atoms with Gasteiger partial charge in [0.25, 0.3) is 0 Å². The summed E-state index contributed by atoms with van der Waals surface area (Å²) in [6.07, 6.45) is 1.61. The van der Waals surface area contributed by atoms with Gasteiger partial charge in [-0.2, -0.15) is 0 Å². The molecule has 3 heteroatoms. The van der Waals surface area contributed by atoms with Gasteiger partial charge in [0.1, 0.15) is 0 Å². The van der Waals surface area contributed by atoms with Crippen LogP contribution in [0.4, 0.5) is 11.4 Å². The Morgan fingerprint density at radius 1 is 1.31 bits per heavy atom. The lowest BCUT2D eigenvalue weighted by Crippen LogP contribution is -2.42.